The van der Waals surface area contributed by atoms with Gasteiger partial charge >= 0.3 is 0 Å². The smallest absolute Gasteiger partial charge is 0.123 e. The minimum Gasteiger partial charge on any atom is -0.315 e. The van der Waals surface area contributed by atoms with Crippen LogP contribution in [0.15, 0.2) is 41.8 Å². The van der Waals surface area contributed by atoms with Gasteiger partial charge in [-0.05, 0) is 35.6 Å². The van der Waals surface area contributed by atoms with Gasteiger partial charge in [0, 0.05) is 23.4 Å². The molecule has 1 aromatic carbocycles. The fourth-order valence-electron chi connectivity index (χ4n) is 2.42. The molecule has 1 fully saturated rings. The van der Waals surface area contributed by atoms with E-state index in [1.807, 2.05) is 6.07 Å². The van der Waals surface area contributed by atoms with Crippen LogP contribution in [0.1, 0.15) is 10.4 Å². The van der Waals surface area contributed by atoms with E-state index in [4.69, 9.17) is 0 Å². The summed E-state index contributed by atoms with van der Waals surface area (Å²) in [4.78, 5) is 1.37. The molecule has 2 heterocycles. The van der Waals surface area contributed by atoms with Gasteiger partial charge in [-0.3, -0.25) is 0 Å². The van der Waals surface area contributed by atoms with Crippen molar-refractivity contribution in [1.29, 1.82) is 0 Å². The van der Waals surface area contributed by atoms with Crippen LogP contribution in [0.2, 0.25) is 0 Å². The molecule has 1 aliphatic heterocycles. The number of halogens is 1. The van der Waals surface area contributed by atoms with E-state index in [0.29, 0.717) is 0 Å². The Balaban J connectivity index is 1.92. The number of rotatable bonds is 3. The fraction of sp³-hybridized carbons (Fsp3) is 0.286. The zero-order chi connectivity index (χ0) is 11.7. The molecule has 0 bridgehead atoms. The standard InChI is InChI=1S/C14H14FNS/c15-12-4-1-3-11(7-12)14(9-16-10-14)8-13-5-2-6-17-13/h1-7,16H,8-10H2. The van der Waals surface area contributed by atoms with Crippen molar-refractivity contribution in [3.05, 3.63) is 58.0 Å². The highest BCUT2D eigenvalue weighted by molar-refractivity contribution is 7.09. The Morgan fingerprint density at radius 2 is 2.12 bits per heavy atom. The molecule has 0 amide bonds. The number of hydrogen-bond acceptors (Lipinski definition) is 2. The molecule has 2 aromatic rings. The Morgan fingerprint density at radius 3 is 2.71 bits per heavy atom. The van der Waals surface area contributed by atoms with Crippen molar-refractivity contribution >= 4 is 11.3 Å². The van der Waals surface area contributed by atoms with E-state index in [0.717, 1.165) is 25.1 Å². The van der Waals surface area contributed by atoms with Gasteiger partial charge in [0.1, 0.15) is 5.82 Å². The summed E-state index contributed by atoms with van der Waals surface area (Å²) < 4.78 is 13.3. The third-order valence-electron chi connectivity index (χ3n) is 3.46. The van der Waals surface area contributed by atoms with Crippen LogP contribution in [0.25, 0.3) is 0 Å². The molecule has 1 aliphatic rings. The molecule has 0 unspecified atom stereocenters. The highest BCUT2D eigenvalue weighted by Gasteiger charge is 2.39. The van der Waals surface area contributed by atoms with Gasteiger partial charge in [0.25, 0.3) is 0 Å². The van der Waals surface area contributed by atoms with Crippen molar-refractivity contribution in [3.63, 3.8) is 0 Å². The van der Waals surface area contributed by atoms with Crippen LogP contribution in [0.4, 0.5) is 4.39 Å². The van der Waals surface area contributed by atoms with Crippen LogP contribution in [0.5, 0.6) is 0 Å². The van der Waals surface area contributed by atoms with E-state index in [2.05, 4.69) is 22.8 Å². The molecule has 0 radical (unpaired) electrons. The molecular weight excluding hydrogens is 233 g/mol. The van der Waals surface area contributed by atoms with Gasteiger partial charge in [-0.2, -0.15) is 0 Å². The average molecular weight is 247 g/mol. The number of thiophene rings is 1. The van der Waals surface area contributed by atoms with Gasteiger partial charge in [0.15, 0.2) is 0 Å². The van der Waals surface area contributed by atoms with Crippen LogP contribution in [-0.2, 0) is 11.8 Å². The summed E-state index contributed by atoms with van der Waals surface area (Å²) in [5.74, 6) is -0.139. The monoisotopic (exact) mass is 247 g/mol. The van der Waals surface area contributed by atoms with E-state index in [-0.39, 0.29) is 11.2 Å². The first-order valence-corrected chi connectivity index (χ1v) is 6.66. The van der Waals surface area contributed by atoms with Gasteiger partial charge in [0.2, 0.25) is 0 Å². The maximum absolute atomic E-state index is 13.3. The molecule has 1 N–H and O–H groups in total. The van der Waals surface area contributed by atoms with Crippen LogP contribution < -0.4 is 5.32 Å². The average Bonchev–Trinajstić information content (AvgIpc) is 2.76. The molecule has 3 rings (SSSR count). The summed E-state index contributed by atoms with van der Waals surface area (Å²) in [6.07, 6.45) is 1.00. The van der Waals surface area contributed by atoms with Gasteiger partial charge in [0.05, 0.1) is 0 Å². The third-order valence-corrected chi connectivity index (χ3v) is 4.33. The molecule has 0 spiro atoms. The zero-order valence-electron chi connectivity index (χ0n) is 9.45. The van der Waals surface area contributed by atoms with Crippen LogP contribution in [-0.4, -0.2) is 13.1 Å². The Kier molecular flexibility index (Phi) is 2.73. The van der Waals surface area contributed by atoms with Gasteiger partial charge in [-0.25, -0.2) is 4.39 Å². The molecular formula is C14H14FNS. The second-order valence-electron chi connectivity index (χ2n) is 4.65. The lowest BCUT2D eigenvalue weighted by atomic mass is 9.72. The Hall–Kier alpha value is -1.19. The predicted molar refractivity (Wildman–Crippen MR) is 69.0 cm³/mol. The molecule has 1 nitrogen and oxygen atoms in total. The fourth-order valence-corrected chi connectivity index (χ4v) is 3.27. The number of hydrogen-bond donors (Lipinski definition) is 1. The summed E-state index contributed by atoms with van der Waals surface area (Å²) >= 11 is 1.78. The summed E-state index contributed by atoms with van der Waals surface area (Å²) in [6.45, 7) is 1.88. The quantitative estimate of drug-likeness (QED) is 0.879. The Labute approximate surface area is 104 Å². The molecule has 88 valence electrons. The van der Waals surface area contributed by atoms with Crippen LogP contribution in [0, 0.1) is 5.82 Å². The maximum Gasteiger partial charge on any atom is 0.123 e. The first-order chi connectivity index (χ1) is 8.28. The van der Waals surface area contributed by atoms with Crippen LogP contribution in [0.3, 0.4) is 0 Å². The molecule has 3 heteroatoms. The zero-order valence-corrected chi connectivity index (χ0v) is 10.3. The molecule has 0 saturated carbocycles. The van der Waals surface area contributed by atoms with Crippen LogP contribution >= 0.6 is 11.3 Å². The van der Waals surface area contributed by atoms with E-state index in [9.17, 15) is 4.39 Å². The summed E-state index contributed by atoms with van der Waals surface area (Å²) in [7, 11) is 0. The van der Waals surface area contributed by atoms with Crippen molar-refractivity contribution in [2.75, 3.05) is 13.1 Å². The van der Waals surface area contributed by atoms with E-state index >= 15 is 0 Å². The first kappa shape index (κ1) is 10.9. The largest absolute Gasteiger partial charge is 0.315 e. The van der Waals surface area contributed by atoms with Crippen molar-refractivity contribution in [1.82, 2.24) is 5.32 Å². The lowest BCUT2D eigenvalue weighted by Gasteiger charge is -2.43. The van der Waals surface area contributed by atoms with E-state index in [1.165, 1.54) is 10.9 Å². The Bertz CT molecular complexity index is 503. The topological polar surface area (TPSA) is 12.0 Å². The Morgan fingerprint density at radius 1 is 1.24 bits per heavy atom. The highest BCUT2D eigenvalue weighted by atomic mass is 32.1. The normalized spacial score (nSPS) is 17.7. The number of nitrogens with one attached hydrogen (secondary N) is 1. The van der Waals surface area contributed by atoms with Gasteiger partial charge in [-0.1, -0.05) is 18.2 Å². The SMILES string of the molecule is Fc1cccc(C2(Cc3cccs3)CNC2)c1. The molecule has 0 aliphatic carbocycles. The van der Waals surface area contributed by atoms with E-state index in [1.54, 1.807) is 23.5 Å². The molecule has 17 heavy (non-hydrogen) atoms. The van der Waals surface area contributed by atoms with Gasteiger partial charge in [-0.15, -0.1) is 11.3 Å². The highest BCUT2D eigenvalue weighted by Crippen LogP contribution is 2.34. The summed E-state index contributed by atoms with van der Waals surface area (Å²) in [5, 5.41) is 5.41. The van der Waals surface area contributed by atoms with Gasteiger partial charge < -0.3 is 5.32 Å². The molecule has 1 aromatic heterocycles. The second-order valence-corrected chi connectivity index (χ2v) is 5.68. The lowest BCUT2D eigenvalue weighted by molar-refractivity contribution is 0.275. The minimum atomic E-state index is -0.139. The number of benzene rings is 1. The van der Waals surface area contributed by atoms with Crippen molar-refractivity contribution in [3.8, 4) is 0 Å². The van der Waals surface area contributed by atoms with Crippen molar-refractivity contribution in [2.24, 2.45) is 0 Å². The third kappa shape index (κ3) is 2.01. The van der Waals surface area contributed by atoms with Crippen molar-refractivity contribution < 1.29 is 4.39 Å². The summed E-state index contributed by atoms with van der Waals surface area (Å²) in [5.41, 5.74) is 1.21. The van der Waals surface area contributed by atoms with E-state index < -0.39 is 0 Å². The minimum absolute atomic E-state index is 0.0902. The molecule has 0 atom stereocenters. The lowest BCUT2D eigenvalue weighted by Crippen LogP contribution is -2.58. The van der Waals surface area contributed by atoms with Crippen molar-refractivity contribution in [2.45, 2.75) is 11.8 Å². The molecule has 1 saturated heterocycles. The first-order valence-electron chi connectivity index (χ1n) is 5.78. The maximum atomic E-state index is 13.3. The second kappa shape index (κ2) is 4.24. The predicted octanol–water partition coefficient (Wildman–Crippen LogP) is 2.97. The summed E-state index contributed by atoms with van der Waals surface area (Å²) in [6, 6.07) is 11.3.